The highest BCUT2D eigenvalue weighted by molar-refractivity contribution is 6.30. The molecule has 0 spiro atoms. The molecule has 2 aromatic rings. The van der Waals surface area contributed by atoms with Gasteiger partial charge in [0.1, 0.15) is 17.5 Å². The van der Waals surface area contributed by atoms with Gasteiger partial charge in [0.2, 0.25) is 0 Å². The quantitative estimate of drug-likeness (QED) is 0.631. The number of unbranched alkanes of at least 4 members (excludes halogenated alkanes) is 1. The number of nitrogens with two attached hydrogens (primary N) is 1. The molecular formula is C21H29ClN3O+. The first-order valence-electron chi connectivity index (χ1n) is 9.16. The molecule has 0 bridgehead atoms. The van der Waals surface area contributed by atoms with Gasteiger partial charge in [-0.3, -0.25) is 0 Å². The lowest BCUT2D eigenvalue weighted by Gasteiger charge is -2.35. The van der Waals surface area contributed by atoms with E-state index in [2.05, 4.69) is 42.9 Å². The largest absolute Gasteiger partial charge is 0.489 e. The number of hydrogen-bond acceptors (Lipinski definition) is 3. The van der Waals surface area contributed by atoms with Crippen LogP contribution in [-0.2, 0) is 0 Å². The molecule has 0 aromatic heterocycles. The third-order valence-electron chi connectivity index (χ3n) is 4.71. The molecule has 26 heavy (non-hydrogen) atoms. The number of anilines is 1. The van der Waals surface area contributed by atoms with E-state index in [1.54, 1.807) is 0 Å². The van der Waals surface area contributed by atoms with E-state index in [-0.39, 0.29) is 12.1 Å². The number of rotatable bonds is 9. The van der Waals surface area contributed by atoms with Crippen LogP contribution < -0.4 is 15.2 Å². The van der Waals surface area contributed by atoms with Gasteiger partial charge in [-0.05, 0) is 80.3 Å². The highest BCUT2D eigenvalue weighted by Gasteiger charge is 2.22. The van der Waals surface area contributed by atoms with Gasteiger partial charge in [0.15, 0.2) is 0 Å². The summed E-state index contributed by atoms with van der Waals surface area (Å²) in [5.74, 6) is 0.831. The molecule has 0 aliphatic carbocycles. The van der Waals surface area contributed by atoms with Crippen LogP contribution in [0.15, 0.2) is 47.6 Å². The molecule has 0 radical (unpaired) electrons. The Morgan fingerprint density at radius 2 is 1.85 bits per heavy atom. The maximum Gasteiger partial charge on any atom is 0.133 e. The SMILES string of the molecule is CCCCN(c1ccc(N=[NH2+])c(C)c1)C(C)C(C)Oc1ccc(Cl)cc1. The van der Waals surface area contributed by atoms with Gasteiger partial charge in [-0.25, -0.2) is 0 Å². The van der Waals surface area contributed by atoms with Crippen molar-refractivity contribution in [3.8, 4) is 5.75 Å². The Morgan fingerprint density at radius 3 is 2.42 bits per heavy atom. The first kappa shape index (κ1) is 20.2. The zero-order valence-electron chi connectivity index (χ0n) is 16.1. The summed E-state index contributed by atoms with van der Waals surface area (Å²) >= 11 is 5.96. The van der Waals surface area contributed by atoms with Crippen molar-refractivity contribution in [3.63, 3.8) is 0 Å². The Labute approximate surface area is 161 Å². The second-order valence-corrected chi connectivity index (χ2v) is 7.10. The summed E-state index contributed by atoms with van der Waals surface area (Å²) in [6.07, 6.45) is 2.29. The van der Waals surface area contributed by atoms with Gasteiger partial charge >= 0.3 is 0 Å². The molecule has 0 heterocycles. The second kappa shape index (κ2) is 9.58. The second-order valence-electron chi connectivity index (χ2n) is 6.66. The molecule has 4 nitrogen and oxygen atoms in total. The Bertz CT molecular complexity index is 718. The van der Waals surface area contributed by atoms with Crippen LogP contribution in [0.3, 0.4) is 0 Å². The van der Waals surface area contributed by atoms with Crippen molar-refractivity contribution in [1.29, 1.82) is 0 Å². The van der Waals surface area contributed by atoms with Crippen molar-refractivity contribution in [2.45, 2.75) is 52.7 Å². The van der Waals surface area contributed by atoms with Crippen LogP contribution in [0.5, 0.6) is 5.75 Å². The summed E-state index contributed by atoms with van der Waals surface area (Å²) in [5, 5.41) is 4.53. The molecule has 140 valence electrons. The molecule has 2 N–H and O–H groups in total. The predicted octanol–water partition coefficient (Wildman–Crippen LogP) is 4.95. The number of ether oxygens (including phenoxy) is 1. The molecule has 2 rings (SSSR count). The van der Waals surface area contributed by atoms with Crippen molar-refractivity contribution in [2.75, 3.05) is 11.4 Å². The van der Waals surface area contributed by atoms with E-state index in [0.717, 1.165) is 36.4 Å². The lowest BCUT2D eigenvalue weighted by molar-refractivity contribution is -0.210. The van der Waals surface area contributed by atoms with Crippen LogP contribution in [0.25, 0.3) is 0 Å². The highest BCUT2D eigenvalue weighted by Crippen LogP contribution is 2.27. The molecule has 0 fully saturated rings. The molecule has 2 aromatic carbocycles. The fourth-order valence-electron chi connectivity index (χ4n) is 2.94. The lowest BCUT2D eigenvalue weighted by atomic mass is 10.1. The maximum atomic E-state index is 6.15. The van der Waals surface area contributed by atoms with Crippen molar-refractivity contribution >= 4 is 23.0 Å². The van der Waals surface area contributed by atoms with Gasteiger partial charge in [0.05, 0.1) is 6.04 Å². The summed E-state index contributed by atoms with van der Waals surface area (Å²) in [4.78, 5) is 2.40. The van der Waals surface area contributed by atoms with Crippen LogP contribution in [0, 0.1) is 6.92 Å². The molecule has 0 saturated heterocycles. The van der Waals surface area contributed by atoms with Crippen molar-refractivity contribution in [2.24, 2.45) is 5.11 Å². The number of nitrogens with zero attached hydrogens (tertiary/aromatic N) is 2. The Kier molecular flexibility index (Phi) is 7.46. The average Bonchev–Trinajstić information content (AvgIpc) is 2.63. The standard InChI is InChI=1S/C21H28ClN3O/c1-5-6-13-25(19-9-12-21(24-23)15(2)14-19)16(3)17(4)26-20-10-7-18(22)8-11-20/h7-12,14,16-17,23H,5-6,13H2,1-4H3/p+1. The van der Waals surface area contributed by atoms with E-state index >= 15 is 0 Å². The zero-order valence-corrected chi connectivity index (χ0v) is 16.8. The molecule has 0 amide bonds. The Hall–Kier alpha value is -2.07. The van der Waals surface area contributed by atoms with Crippen LogP contribution in [0.4, 0.5) is 11.4 Å². The predicted molar refractivity (Wildman–Crippen MR) is 108 cm³/mol. The number of hydrogen-bond donors (Lipinski definition) is 1. The fourth-order valence-corrected chi connectivity index (χ4v) is 3.07. The van der Waals surface area contributed by atoms with Crippen LogP contribution in [0.2, 0.25) is 5.02 Å². The Morgan fingerprint density at radius 1 is 1.15 bits per heavy atom. The summed E-state index contributed by atoms with van der Waals surface area (Å²) in [6.45, 7) is 9.52. The number of halogens is 1. The monoisotopic (exact) mass is 374 g/mol. The molecule has 2 atom stereocenters. The lowest BCUT2D eigenvalue weighted by Crippen LogP contribution is -2.43. The summed E-state index contributed by atoms with van der Waals surface area (Å²) in [6, 6.07) is 13.9. The molecule has 0 saturated carbocycles. The van der Waals surface area contributed by atoms with Crippen molar-refractivity contribution in [1.82, 2.24) is 0 Å². The fraction of sp³-hybridized carbons (Fsp3) is 0.429. The molecular weight excluding hydrogens is 346 g/mol. The van der Waals surface area contributed by atoms with Crippen molar-refractivity contribution in [3.05, 3.63) is 53.1 Å². The van der Waals surface area contributed by atoms with Gasteiger partial charge in [-0.15, -0.1) is 0 Å². The normalized spacial score (nSPS) is 13.1. The third-order valence-corrected chi connectivity index (χ3v) is 4.96. The molecule has 2 unspecified atom stereocenters. The minimum absolute atomic E-state index is 0.0206. The minimum Gasteiger partial charge on any atom is -0.489 e. The first-order valence-corrected chi connectivity index (χ1v) is 9.54. The molecule has 0 aliphatic heterocycles. The summed E-state index contributed by atoms with van der Waals surface area (Å²) in [5.41, 5.74) is 8.51. The smallest absolute Gasteiger partial charge is 0.133 e. The summed E-state index contributed by atoms with van der Waals surface area (Å²) < 4.78 is 6.15. The van der Waals surface area contributed by atoms with Gasteiger partial charge in [-0.2, -0.15) is 5.53 Å². The summed E-state index contributed by atoms with van der Waals surface area (Å²) in [7, 11) is 0. The van der Waals surface area contributed by atoms with E-state index in [1.807, 2.05) is 37.3 Å². The van der Waals surface area contributed by atoms with E-state index in [1.165, 1.54) is 5.69 Å². The molecule has 5 heteroatoms. The maximum absolute atomic E-state index is 6.15. The molecule has 0 aliphatic rings. The zero-order chi connectivity index (χ0) is 19.1. The third kappa shape index (κ3) is 5.21. The first-order chi connectivity index (χ1) is 12.5. The van der Waals surface area contributed by atoms with Crippen LogP contribution in [0.1, 0.15) is 39.2 Å². The van der Waals surface area contributed by atoms with Crippen LogP contribution >= 0.6 is 11.6 Å². The van der Waals surface area contributed by atoms with Gasteiger partial charge in [0.25, 0.3) is 0 Å². The van der Waals surface area contributed by atoms with Crippen LogP contribution in [-0.4, -0.2) is 18.7 Å². The number of aryl methyl sites for hydroxylation is 1. The van der Waals surface area contributed by atoms with Gasteiger partial charge in [-0.1, -0.05) is 24.9 Å². The van der Waals surface area contributed by atoms with E-state index in [9.17, 15) is 0 Å². The van der Waals surface area contributed by atoms with E-state index in [4.69, 9.17) is 21.9 Å². The Balaban J connectivity index is 2.19. The van der Waals surface area contributed by atoms with E-state index in [0.29, 0.717) is 5.02 Å². The van der Waals surface area contributed by atoms with Gasteiger partial charge < -0.3 is 9.64 Å². The van der Waals surface area contributed by atoms with E-state index < -0.39 is 0 Å². The van der Waals surface area contributed by atoms with Gasteiger partial charge in [0, 0.05) is 17.3 Å². The van der Waals surface area contributed by atoms with Crippen molar-refractivity contribution < 1.29 is 10.3 Å². The number of benzene rings is 2. The minimum atomic E-state index is 0.0206. The topological polar surface area (TPSA) is 50.4 Å². The average molecular weight is 375 g/mol. The highest BCUT2D eigenvalue weighted by atomic mass is 35.5.